The van der Waals surface area contributed by atoms with Gasteiger partial charge in [0.15, 0.2) is 0 Å². The van der Waals surface area contributed by atoms with Crippen molar-refractivity contribution in [2.75, 3.05) is 20.3 Å². The average molecular weight is 396 g/mol. The molecule has 0 radical (unpaired) electrons. The Labute approximate surface area is 159 Å². The van der Waals surface area contributed by atoms with Gasteiger partial charge in [-0.25, -0.2) is 4.79 Å². The number of nitro groups is 1. The van der Waals surface area contributed by atoms with Gasteiger partial charge in [-0.15, -0.1) is 0 Å². The number of methoxy groups -OCH3 is 1. The van der Waals surface area contributed by atoms with Crippen molar-refractivity contribution in [3.8, 4) is 0 Å². The molecule has 1 aliphatic rings. The van der Waals surface area contributed by atoms with Gasteiger partial charge in [0.2, 0.25) is 0 Å². The lowest BCUT2D eigenvalue weighted by Crippen LogP contribution is -2.42. The first-order valence-electron chi connectivity index (χ1n) is 7.52. The number of thioether (sulfide) groups is 1. The molecule has 138 valence electrons. The second kappa shape index (κ2) is 8.88. The number of carbonyl (C=O) groups is 2. The number of non-ortho nitro benzene ring substituents is 1. The van der Waals surface area contributed by atoms with E-state index in [0.29, 0.717) is 10.5 Å². The molecule has 0 saturated carbocycles. The normalized spacial score (nSPS) is 16.8. The Balaban J connectivity index is 2.12. The van der Waals surface area contributed by atoms with Gasteiger partial charge in [0.1, 0.15) is 17.0 Å². The molecule has 1 fully saturated rings. The number of hydrogen-bond donors (Lipinski definition) is 0. The highest BCUT2D eigenvalue weighted by Crippen LogP contribution is 2.34. The van der Waals surface area contributed by atoms with E-state index in [9.17, 15) is 19.7 Å². The number of amides is 1. The second-order valence-corrected chi connectivity index (χ2v) is 6.91. The van der Waals surface area contributed by atoms with Crippen LogP contribution < -0.4 is 0 Å². The number of carbonyl (C=O) groups excluding carboxylic acids is 2. The molecule has 0 N–H and O–H groups in total. The quantitative estimate of drug-likeness (QED) is 0.173. The number of hydrogen-bond acceptors (Lipinski definition) is 8. The lowest BCUT2D eigenvalue weighted by Gasteiger charge is -2.21. The lowest BCUT2D eigenvalue weighted by molar-refractivity contribution is -0.384. The second-order valence-electron chi connectivity index (χ2n) is 5.24. The number of rotatable bonds is 7. The standard InChI is InChI=1S/C16H16N2O6S2/c1-10(15(20)24-8-7-23-2)17-14(19)13(26-16(17)25)9-11-3-5-12(6-4-11)18(21)22/h3-6,9-10H,7-8H2,1-2H3. The molecule has 10 heteroatoms. The topological polar surface area (TPSA) is 99.0 Å². The van der Waals surface area contributed by atoms with Gasteiger partial charge in [-0.1, -0.05) is 24.0 Å². The van der Waals surface area contributed by atoms with Crippen molar-refractivity contribution >= 4 is 51.9 Å². The fraction of sp³-hybridized carbons (Fsp3) is 0.312. The van der Waals surface area contributed by atoms with Gasteiger partial charge >= 0.3 is 5.97 Å². The van der Waals surface area contributed by atoms with Crippen LogP contribution in [0.2, 0.25) is 0 Å². The van der Waals surface area contributed by atoms with Crippen LogP contribution in [-0.4, -0.2) is 52.4 Å². The lowest BCUT2D eigenvalue weighted by atomic mass is 10.2. The molecule has 1 aliphatic heterocycles. The zero-order valence-corrected chi connectivity index (χ0v) is 15.7. The maximum absolute atomic E-state index is 12.6. The summed E-state index contributed by atoms with van der Waals surface area (Å²) >= 11 is 6.27. The van der Waals surface area contributed by atoms with Crippen molar-refractivity contribution in [3.05, 3.63) is 44.8 Å². The number of esters is 1. The third kappa shape index (κ3) is 4.65. The van der Waals surface area contributed by atoms with E-state index in [2.05, 4.69) is 0 Å². The molecule has 0 bridgehead atoms. The van der Waals surface area contributed by atoms with Crippen molar-refractivity contribution in [3.63, 3.8) is 0 Å². The number of nitrogens with zero attached hydrogens (tertiary/aromatic N) is 2. The molecule has 1 aromatic carbocycles. The van der Waals surface area contributed by atoms with Crippen LogP contribution in [0.1, 0.15) is 12.5 Å². The van der Waals surface area contributed by atoms with Crippen LogP contribution in [0.15, 0.2) is 29.2 Å². The molecule has 1 atom stereocenters. The molecule has 26 heavy (non-hydrogen) atoms. The summed E-state index contributed by atoms with van der Waals surface area (Å²) in [6, 6.07) is 4.91. The summed E-state index contributed by atoms with van der Waals surface area (Å²) in [6.07, 6.45) is 1.58. The number of benzene rings is 1. The predicted octanol–water partition coefficient (Wildman–Crippen LogP) is 2.37. The first-order valence-corrected chi connectivity index (χ1v) is 8.74. The van der Waals surface area contributed by atoms with Crippen molar-refractivity contribution in [2.45, 2.75) is 13.0 Å². The van der Waals surface area contributed by atoms with Gasteiger partial charge in [-0.3, -0.25) is 19.8 Å². The van der Waals surface area contributed by atoms with E-state index in [0.717, 1.165) is 11.8 Å². The van der Waals surface area contributed by atoms with Gasteiger partial charge in [0, 0.05) is 19.2 Å². The Bertz CT molecular complexity index is 763. The summed E-state index contributed by atoms with van der Waals surface area (Å²) in [4.78, 5) is 36.3. The van der Waals surface area contributed by atoms with Crippen molar-refractivity contribution in [1.29, 1.82) is 0 Å². The maximum atomic E-state index is 12.6. The van der Waals surface area contributed by atoms with E-state index in [-0.39, 0.29) is 23.2 Å². The minimum absolute atomic E-state index is 0.0397. The van der Waals surface area contributed by atoms with Crippen molar-refractivity contribution < 1.29 is 24.0 Å². The molecule has 0 aliphatic carbocycles. The van der Waals surface area contributed by atoms with Crippen LogP contribution in [0.3, 0.4) is 0 Å². The zero-order valence-electron chi connectivity index (χ0n) is 14.0. The van der Waals surface area contributed by atoms with Crippen LogP contribution in [-0.2, 0) is 19.1 Å². The molecule has 8 nitrogen and oxygen atoms in total. The molecule has 0 spiro atoms. The van der Waals surface area contributed by atoms with Gasteiger partial charge < -0.3 is 9.47 Å². The Morgan fingerprint density at radius 3 is 2.62 bits per heavy atom. The van der Waals surface area contributed by atoms with Gasteiger partial charge in [0.05, 0.1) is 16.4 Å². The van der Waals surface area contributed by atoms with Crippen LogP contribution >= 0.6 is 24.0 Å². The van der Waals surface area contributed by atoms with Crippen LogP contribution in [0.25, 0.3) is 6.08 Å². The largest absolute Gasteiger partial charge is 0.462 e. The van der Waals surface area contributed by atoms with Gasteiger partial charge in [0.25, 0.3) is 11.6 Å². The number of thiocarbonyl (C=S) groups is 1. The van der Waals surface area contributed by atoms with E-state index >= 15 is 0 Å². The summed E-state index contributed by atoms with van der Waals surface area (Å²) in [5.74, 6) is -0.982. The van der Waals surface area contributed by atoms with Crippen LogP contribution in [0, 0.1) is 10.1 Å². The number of ether oxygens (including phenoxy) is 2. The Morgan fingerprint density at radius 2 is 2.04 bits per heavy atom. The smallest absolute Gasteiger partial charge is 0.329 e. The third-order valence-corrected chi connectivity index (χ3v) is 4.82. The van der Waals surface area contributed by atoms with Crippen molar-refractivity contribution in [2.24, 2.45) is 0 Å². The molecule has 1 heterocycles. The highest BCUT2D eigenvalue weighted by atomic mass is 32.2. The van der Waals surface area contributed by atoms with Gasteiger partial charge in [-0.05, 0) is 30.7 Å². The summed E-state index contributed by atoms with van der Waals surface area (Å²) < 4.78 is 10.1. The summed E-state index contributed by atoms with van der Waals surface area (Å²) in [7, 11) is 1.49. The SMILES string of the molecule is COCCOC(=O)C(C)N1C(=O)C(=Cc2ccc([N+](=O)[O-])cc2)SC1=S. The minimum atomic E-state index is -0.859. The highest BCUT2D eigenvalue weighted by Gasteiger charge is 2.38. The minimum Gasteiger partial charge on any atom is -0.462 e. The summed E-state index contributed by atoms with van der Waals surface area (Å²) in [5, 5.41) is 10.7. The van der Waals surface area contributed by atoms with E-state index < -0.39 is 22.8 Å². The predicted molar refractivity (Wildman–Crippen MR) is 100 cm³/mol. The molecule has 1 unspecified atom stereocenters. The summed E-state index contributed by atoms with van der Waals surface area (Å²) in [5.41, 5.74) is 0.577. The van der Waals surface area contributed by atoms with E-state index in [1.54, 1.807) is 6.08 Å². The van der Waals surface area contributed by atoms with Crippen LogP contribution in [0.4, 0.5) is 5.69 Å². The molecule has 1 amide bonds. The van der Waals surface area contributed by atoms with E-state index in [4.69, 9.17) is 21.7 Å². The van der Waals surface area contributed by atoms with E-state index in [1.165, 1.54) is 43.2 Å². The van der Waals surface area contributed by atoms with E-state index in [1.807, 2.05) is 0 Å². The molecule has 2 rings (SSSR count). The fourth-order valence-corrected chi connectivity index (χ4v) is 3.53. The fourth-order valence-electron chi connectivity index (χ4n) is 2.11. The van der Waals surface area contributed by atoms with Gasteiger partial charge in [-0.2, -0.15) is 0 Å². The first kappa shape index (κ1) is 20.0. The molecule has 1 aromatic rings. The Morgan fingerprint density at radius 1 is 1.38 bits per heavy atom. The maximum Gasteiger partial charge on any atom is 0.329 e. The zero-order chi connectivity index (χ0) is 19.3. The van der Waals surface area contributed by atoms with Crippen LogP contribution in [0.5, 0.6) is 0 Å². The number of nitro benzene ring substituents is 1. The highest BCUT2D eigenvalue weighted by molar-refractivity contribution is 8.26. The Kier molecular flexibility index (Phi) is 6.83. The molecule has 1 saturated heterocycles. The summed E-state index contributed by atoms with van der Waals surface area (Å²) in [6.45, 7) is 1.89. The molecular formula is C16H16N2O6S2. The average Bonchev–Trinajstić information content (AvgIpc) is 2.88. The molecular weight excluding hydrogens is 380 g/mol. The van der Waals surface area contributed by atoms with Crippen molar-refractivity contribution in [1.82, 2.24) is 4.90 Å². The Hall–Kier alpha value is -2.30. The third-order valence-electron chi connectivity index (χ3n) is 3.49. The monoisotopic (exact) mass is 396 g/mol. The molecule has 0 aromatic heterocycles. The first-order chi connectivity index (χ1) is 12.3.